The Balaban J connectivity index is 2.19. The van der Waals surface area contributed by atoms with Crippen LogP contribution in [0.1, 0.15) is 39.0 Å². The quantitative estimate of drug-likeness (QED) is 0.512. The van der Waals surface area contributed by atoms with Crippen LogP contribution in [0.25, 0.3) is 0 Å². The summed E-state index contributed by atoms with van der Waals surface area (Å²) in [4.78, 5) is 10.7. The molecule has 1 N–H and O–H groups in total. The van der Waals surface area contributed by atoms with Crippen molar-refractivity contribution in [2.24, 2.45) is 0 Å². The summed E-state index contributed by atoms with van der Waals surface area (Å²) in [5.41, 5.74) is 0. The van der Waals surface area contributed by atoms with Crippen molar-refractivity contribution in [1.82, 2.24) is 0 Å². The van der Waals surface area contributed by atoms with Crippen LogP contribution in [-0.2, 0) is 9.53 Å². The number of hydrogen-bond donors (Lipinski definition) is 1. The van der Waals surface area contributed by atoms with Gasteiger partial charge in [-0.05, 0) is 12.8 Å². The van der Waals surface area contributed by atoms with Gasteiger partial charge in [-0.2, -0.15) is 0 Å². The summed E-state index contributed by atoms with van der Waals surface area (Å²) in [6.45, 7) is 2.12. The molecule has 1 saturated heterocycles. The van der Waals surface area contributed by atoms with Gasteiger partial charge in [0.1, 0.15) is 12.2 Å². The molecule has 0 aromatic heterocycles. The first-order valence-electron chi connectivity index (χ1n) is 4.61. The zero-order valence-electron chi connectivity index (χ0n) is 7.45. The van der Waals surface area contributed by atoms with Crippen LogP contribution in [0.5, 0.6) is 0 Å². The number of hydrogen-bond acceptors (Lipinski definition) is 3. The third kappa shape index (κ3) is 2.48. The molecule has 1 heterocycles. The molecule has 70 valence electrons. The highest BCUT2D eigenvalue weighted by atomic mass is 16.6. The second kappa shape index (κ2) is 4.45. The van der Waals surface area contributed by atoms with E-state index in [1.54, 1.807) is 0 Å². The van der Waals surface area contributed by atoms with E-state index in [-0.39, 0.29) is 18.5 Å². The Hall–Kier alpha value is -0.570. The second-order valence-electron chi connectivity index (χ2n) is 3.30. The van der Waals surface area contributed by atoms with E-state index in [4.69, 9.17) is 4.74 Å². The minimum Gasteiger partial charge on any atom is -0.460 e. The maximum absolute atomic E-state index is 10.7. The molecule has 0 aromatic carbocycles. The Kier molecular flexibility index (Phi) is 3.53. The number of ether oxygens (including phenoxy) is 1. The SMILES string of the molecule is CCCCC[C@@H]1OC(=O)C[C@@H]1O. The van der Waals surface area contributed by atoms with E-state index in [1.165, 1.54) is 0 Å². The van der Waals surface area contributed by atoms with Crippen LogP contribution in [-0.4, -0.2) is 23.3 Å². The largest absolute Gasteiger partial charge is 0.460 e. The molecular weight excluding hydrogens is 156 g/mol. The fourth-order valence-corrected chi connectivity index (χ4v) is 1.44. The molecule has 0 unspecified atom stereocenters. The fraction of sp³-hybridized carbons (Fsp3) is 0.889. The number of aliphatic hydroxyl groups excluding tert-OH is 1. The van der Waals surface area contributed by atoms with Gasteiger partial charge < -0.3 is 9.84 Å². The number of rotatable bonds is 4. The summed E-state index contributed by atoms with van der Waals surface area (Å²) in [6, 6.07) is 0. The molecule has 1 aliphatic heterocycles. The van der Waals surface area contributed by atoms with Gasteiger partial charge in [0, 0.05) is 0 Å². The monoisotopic (exact) mass is 172 g/mol. The highest BCUT2D eigenvalue weighted by molar-refractivity contribution is 5.72. The molecule has 0 amide bonds. The Morgan fingerprint density at radius 3 is 2.83 bits per heavy atom. The van der Waals surface area contributed by atoms with E-state index in [2.05, 4.69) is 6.92 Å². The van der Waals surface area contributed by atoms with Gasteiger partial charge in [0.05, 0.1) is 6.42 Å². The van der Waals surface area contributed by atoms with Gasteiger partial charge in [0.2, 0.25) is 0 Å². The summed E-state index contributed by atoms with van der Waals surface area (Å²) in [6.07, 6.45) is 3.51. The zero-order chi connectivity index (χ0) is 8.97. The lowest BCUT2D eigenvalue weighted by molar-refractivity contribution is -0.142. The van der Waals surface area contributed by atoms with Crippen LogP contribution in [0.4, 0.5) is 0 Å². The summed E-state index contributed by atoms with van der Waals surface area (Å²) in [5.74, 6) is -0.260. The summed E-state index contributed by atoms with van der Waals surface area (Å²) in [5, 5.41) is 9.31. The minimum atomic E-state index is -0.561. The van der Waals surface area contributed by atoms with Crippen LogP contribution in [0, 0.1) is 0 Å². The first-order chi connectivity index (χ1) is 5.74. The van der Waals surface area contributed by atoms with Gasteiger partial charge in [-0.15, -0.1) is 0 Å². The zero-order valence-corrected chi connectivity index (χ0v) is 7.45. The molecule has 1 aliphatic rings. The van der Waals surface area contributed by atoms with E-state index < -0.39 is 6.10 Å². The van der Waals surface area contributed by atoms with Crippen molar-refractivity contribution in [3.8, 4) is 0 Å². The van der Waals surface area contributed by atoms with Crippen molar-refractivity contribution >= 4 is 5.97 Å². The molecule has 0 bridgehead atoms. The van der Waals surface area contributed by atoms with E-state index in [0.717, 1.165) is 25.7 Å². The standard InChI is InChI=1S/C9H16O3/c1-2-3-4-5-8-7(10)6-9(11)12-8/h7-8,10H,2-6H2,1H3/t7-,8-/m0/s1. The lowest BCUT2D eigenvalue weighted by Crippen LogP contribution is -2.20. The maximum atomic E-state index is 10.7. The lowest BCUT2D eigenvalue weighted by Gasteiger charge is -2.11. The van der Waals surface area contributed by atoms with Crippen LogP contribution in [0.3, 0.4) is 0 Å². The van der Waals surface area contributed by atoms with Crippen molar-refractivity contribution in [1.29, 1.82) is 0 Å². The fourth-order valence-electron chi connectivity index (χ4n) is 1.44. The molecule has 1 fully saturated rings. The molecule has 12 heavy (non-hydrogen) atoms. The number of esters is 1. The first-order valence-corrected chi connectivity index (χ1v) is 4.61. The molecular formula is C9H16O3. The van der Waals surface area contributed by atoms with Crippen LogP contribution in [0.15, 0.2) is 0 Å². The Morgan fingerprint density at radius 2 is 2.33 bits per heavy atom. The van der Waals surface area contributed by atoms with Crippen molar-refractivity contribution in [2.45, 2.75) is 51.2 Å². The predicted octanol–water partition coefficient (Wildman–Crippen LogP) is 1.24. The van der Waals surface area contributed by atoms with E-state index in [0.29, 0.717) is 0 Å². The van der Waals surface area contributed by atoms with Crippen molar-refractivity contribution in [3.05, 3.63) is 0 Å². The van der Waals surface area contributed by atoms with Crippen molar-refractivity contribution in [3.63, 3.8) is 0 Å². The molecule has 3 heteroatoms. The number of aliphatic hydroxyl groups is 1. The third-order valence-corrected chi connectivity index (χ3v) is 2.18. The number of unbranched alkanes of at least 4 members (excludes halogenated alkanes) is 2. The molecule has 1 rings (SSSR count). The number of carbonyl (C=O) groups excluding carboxylic acids is 1. The normalized spacial score (nSPS) is 29.0. The molecule has 0 aliphatic carbocycles. The molecule has 0 aromatic rings. The first kappa shape index (κ1) is 9.52. The lowest BCUT2D eigenvalue weighted by atomic mass is 10.1. The van der Waals surface area contributed by atoms with E-state index in [1.807, 2.05) is 0 Å². The maximum Gasteiger partial charge on any atom is 0.308 e. The summed E-state index contributed by atoms with van der Waals surface area (Å²) >= 11 is 0. The molecule has 3 nitrogen and oxygen atoms in total. The summed E-state index contributed by atoms with van der Waals surface area (Å²) < 4.78 is 4.93. The molecule has 2 atom stereocenters. The Bertz CT molecular complexity index is 156. The third-order valence-electron chi connectivity index (χ3n) is 2.18. The van der Waals surface area contributed by atoms with Crippen LogP contribution >= 0.6 is 0 Å². The Morgan fingerprint density at radius 1 is 1.58 bits per heavy atom. The van der Waals surface area contributed by atoms with Gasteiger partial charge in [-0.3, -0.25) is 4.79 Å². The molecule has 0 spiro atoms. The van der Waals surface area contributed by atoms with Gasteiger partial charge in [-0.25, -0.2) is 0 Å². The molecule has 0 radical (unpaired) electrons. The van der Waals surface area contributed by atoms with Crippen molar-refractivity contribution in [2.75, 3.05) is 0 Å². The van der Waals surface area contributed by atoms with E-state index in [9.17, 15) is 9.90 Å². The van der Waals surface area contributed by atoms with E-state index >= 15 is 0 Å². The van der Waals surface area contributed by atoms with Crippen LogP contribution < -0.4 is 0 Å². The van der Waals surface area contributed by atoms with Crippen LogP contribution in [0.2, 0.25) is 0 Å². The number of cyclic esters (lactones) is 1. The predicted molar refractivity (Wildman–Crippen MR) is 44.6 cm³/mol. The minimum absolute atomic E-state index is 0.177. The number of carbonyl (C=O) groups is 1. The second-order valence-corrected chi connectivity index (χ2v) is 3.30. The average molecular weight is 172 g/mol. The van der Waals surface area contributed by atoms with Gasteiger partial charge in [0.15, 0.2) is 0 Å². The summed E-state index contributed by atoms with van der Waals surface area (Å²) in [7, 11) is 0. The highest BCUT2D eigenvalue weighted by Gasteiger charge is 2.32. The van der Waals surface area contributed by atoms with Gasteiger partial charge in [-0.1, -0.05) is 19.8 Å². The van der Waals surface area contributed by atoms with Crippen molar-refractivity contribution < 1.29 is 14.6 Å². The average Bonchev–Trinajstić information content (AvgIpc) is 2.31. The molecule has 0 saturated carbocycles. The highest BCUT2D eigenvalue weighted by Crippen LogP contribution is 2.19. The smallest absolute Gasteiger partial charge is 0.308 e. The van der Waals surface area contributed by atoms with Gasteiger partial charge in [0.25, 0.3) is 0 Å². The van der Waals surface area contributed by atoms with Gasteiger partial charge >= 0.3 is 5.97 Å². The topological polar surface area (TPSA) is 46.5 Å². The Labute approximate surface area is 72.7 Å².